The van der Waals surface area contributed by atoms with Crippen molar-refractivity contribution in [1.82, 2.24) is 0 Å². The summed E-state index contributed by atoms with van der Waals surface area (Å²) in [7, 11) is 0. The number of ether oxygens (including phenoxy) is 1. The molecule has 0 fully saturated rings. The van der Waals surface area contributed by atoms with E-state index in [0.29, 0.717) is 17.9 Å². The smallest absolute Gasteiger partial charge is 0.153 e. The minimum Gasteiger partial charge on any atom is -0.493 e. The van der Waals surface area contributed by atoms with Crippen molar-refractivity contribution in [2.45, 2.75) is 84.0 Å². The number of rotatable bonds is 15. The van der Waals surface area contributed by atoms with Crippen molar-refractivity contribution in [3.8, 4) is 5.75 Å². The molecule has 23 heavy (non-hydrogen) atoms. The van der Waals surface area contributed by atoms with Crippen molar-refractivity contribution in [3.05, 3.63) is 29.8 Å². The van der Waals surface area contributed by atoms with Crippen LogP contribution in [0, 0.1) is 0 Å². The summed E-state index contributed by atoms with van der Waals surface area (Å²) in [4.78, 5) is 10.9. The standard InChI is InChI=1S/C21H34O2/c1-2-3-4-5-6-7-8-9-10-11-12-15-18-23-21-17-14-13-16-20(21)19-22/h13-14,16-17,19H,2-12,15,18H2,1H3. The van der Waals surface area contributed by atoms with Crippen molar-refractivity contribution in [2.75, 3.05) is 6.61 Å². The molecule has 0 aromatic heterocycles. The number of benzene rings is 1. The van der Waals surface area contributed by atoms with Gasteiger partial charge in [-0.05, 0) is 18.6 Å². The molecule has 130 valence electrons. The molecule has 1 rings (SSSR count). The minimum absolute atomic E-state index is 0.645. The Morgan fingerprint density at radius 2 is 1.30 bits per heavy atom. The van der Waals surface area contributed by atoms with Gasteiger partial charge in [0, 0.05) is 0 Å². The van der Waals surface area contributed by atoms with Gasteiger partial charge in [0.05, 0.1) is 12.2 Å². The predicted octanol–water partition coefficient (Wildman–Crippen LogP) is 6.58. The lowest BCUT2D eigenvalue weighted by molar-refractivity contribution is 0.111. The molecule has 2 nitrogen and oxygen atoms in total. The zero-order valence-electron chi connectivity index (χ0n) is 14.9. The Morgan fingerprint density at radius 1 is 0.783 bits per heavy atom. The first-order valence-electron chi connectivity index (χ1n) is 9.55. The Balaban J connectivity index is 1.87. The molecule has 0 bridgehead atoms. The molecule has 0 amide bonds. The lowest BCUT2D eigenvalue weighted by Gasteiger charge is -2.08. The van der Waals surface area contributed by atoms with E-state index in [1.54, 1.807) is 6.07 Å². The maximum absolute atomic E-state index is 10.9. The van der Waals surface area contributed by atoms with Crippen molar-refractivity contribution >= 4 is 6.29 Å². The lowest BCUT2D eigenvalue weighted by Crippen LogP contribution is -1.99. The highest BCUT2D eigenvalue weighted by atomic mass is 16.5. The van der Waals surface area contributed by atoms with E-state index in [0.717, 1.165) is 12.7 Å². The van der Waals surface area contributed by atoms with Crippen molar-refractivity contribution < 1.29 is 9.53 Å². The second-order valence-electron chi connectivity index (χ2n) is 6.39. The Kier molecular flexibility index (Phi) is 12.3. The molecule has 2 heteroatoms. The Labute approximate surface area is 142 Å². The van der Waals surface area contributed by atoms with Gasteiger partial charge in [-0.2, -0.15) is 0 Å². The van der Waals surface area contributed by atoms with Crippen LogP contribution in [-0.2, 0) is 0 Å². The summed E-state index contributed by atoms with van der Waals surface area (Å²) in [6, 6.07) is 7.43. The molecule has 0 radical (unpaired) electrons. The average molecular weight is 319 g/mol. The van der Waals surface area contributed by atoms with Gasteiger partial charge in [-0.15, -0.1) is 0 Å². The molecule has 1 aromatic rings. The van der Waals surface area contributed by atoms with Gasteiger partial charge in [-0.1, -0.05) is 89.7 Å². The van der Waals surface area contributed by atoms with Crippen LogP contribution in [0.1, 0.15) is 94.3 Å². The van der Waals surface area contributed by atoms with Gasteiger partial charge in [0.1, 0.15) is 5.75 Å². The van der Waals surface area contributed by atoms with Crippen molar-refractivity contribution in [1.29, 1.82) is 0 Å². The topological polar surface area (TPSA) is 26.3 Å². The Morgan fingerprint density at radius 3 is 1.87 bits per heavy atom. The lowest BCUT2D eigenvalue weighted by atomic mass is 10.1. The predicted molar refractivity (Wildman–Crippen MR) is 98.4 cm³/mol. The summed E-state index contributed by atoms with van der Waals surface area (Å²) in [6.45, 7) is 2.98. The highest BCUT2D eigenvalue weighted by molar-refractivity contribution is 5.79. The zero-order chi connectivity index (χ0) is 16.6. The van der Waals surface area contributed by atoms with E-state index in [1.807, 2.05) is 18.2 Å². The number of para-hydroxylation sites is 1. The molecule has 0 saturated heterocycles. The largest absolute Gasteiger partial charge is 0.493 e. The van der Waals surface area contributed by atoms with Gasteiger partial charge in [0.2, 0.25) is 0 Å². The number of hydrogen-bond donors (Lipinski definition) is 0. The summed E-state index contributed by atoms with van der Waals surface area (Å²) >= 11 is 0. The van der Waals surface area contributed by atoms with Crippen LogP contribution in [0.15, 0.2) is 24.3 Å². The first kappa shape index (κ1) is 19.7. The maximum Gasteiger partial charge on any atom is 0.153 e. The Hall–Kier alpha value is -1.31. The van der Waals surface area contributed by atoms with Crippen LogP contribution in [0.25, 0.3) is 0 Å². The summed E-state index contributed by atoms with van der Waals surface area (Å²) in [5.74, 6) is 0.713. The average Bonchev–Trinajstić information content (AvgIpc) is 2.59. The number of carbonyl (C=O) groups excluding carboxylic acids is 1. The third-order valence-corrected chi connectivity index (χ3v) is 4.30. The molecule has 0 saturated carbocycles. The fraction of sp³-hybridized carbons (Fsp3) is 0.667. The number of carbonyl (C=O) groups is 1. The maximum atomic E-state index is 10.9. The van der Waals surface area contributed by atoms with Crippen LogP contribution in [0.5, 0.6) is 5.75 Å². The van der Waals surface area contributed by atoms with Gasteiger partial charge < -0.3 is 4.74 Å². The Bertz CT molecular complexity index is 401. The molecular formula is C21H34O2. The second kappa shape index (κ2) is 14.3. The summed E-state index contributed by atoms with van der Waals surface area (Å²) in [5, 5.41) is 0. The molecular weight excluding hydrogens is 284 g/mol. The van der Waals surface area contributed by atoms with Crippen LogP contribution < -0.4 is 4.74 Å². The van der Waals surface area contributed by atoms with Gasteiger partial charge in [-0.25, -0.2) is 0 Å². The molecule has 0 N–H and O–H groups in total. The SMILES string of the molecule is CCCCCCCCCCCCCCOc1ccccc1C=O. The fourth-order valence-electron chi connectivity index (χ4n) is 2.83. The van der Waals surface area contributed by atoms with Gasteiger partial charge >= 0.3 is 0 Å². The van der Waals surface area contributed by atoms with Gasteiger partial charge in [0.15, 0.2) is 6.29 Å². The highest BCUT2D eigenvalue weighted by Crippen LogP contribution is 2.16. The zero-order valence-corrected chi connectivity index (χ0v) is 14.9. The van der Waals surface area contributed by atoms with E-state index in [9.17, 15) is 4.79 Å². The monoisotopic (exact) mass is 318 g/mol. The van der Waals surface area contributed by atoms with Crippen LogP contribution in [0.2, 0.25) is 0 Å². The normalized spacial score (nSPS) is 10.7. The second-order valence-corrected chi connectivity index (χ2v) is 6.39. The number of hydrogen-bond acceptors (Lipinski definition) is 2. The summed E-state index contributed by atoms with van der Waals surface area (Å²) in [6.07, 6.45) is 17.0. The molecule has 0 aliphatic carbocycles. The van der Waals surface area contributed by atoms with Crippen molar-refractivity contribution in [2.24, 2.45) is 0 Å². The first-order chi connectivity index (χ1) is 11.4. The van der Waals surface area contributed by atoms with Crippen molar-refractivity contribution in [3.63, 3.8) is 0 Å². The van der Waals surface area contributed by atoms with E-state index < -0.39 is 0 Å². The van der Waals surface area contributed by atoms with Crippen LogP contribution in [0.4, 0.5) is 0 Å². The molecule has 0 aliphatic rings. The van der Waals surface area contributed by atoms with Crippen LogP contribution in [-0.4, -0.2) is 12.9 Å². The minimum atomic E-state index is 0.645. The molecule has 1 aromatic carbocycles. The van der Waals surface area contributed by atoms with Crippen LogP contribution in [0.3, 0.4) is 0 Å². The van der Waals surface area contributed by atoms with E-state index in [2.05, 4.69) is 6.92 Å². The third-order valence-electron chi connectivity index (χ3n) is 4.30. The van der Waals surface area contributed by atoms with Crippen LogP contribution >= 0.6 is 0 Å². The molecule has 0 aliphatic heterocycles. The van der Waals surface area contributed by atoms with E-state index in [-0.39, 0.29) is 0 Å². The molecule has 0 spiro atoms. The molecule has 0 unspecified atom stereocenters. The molecule has 0 heterocycles. The first-order valence-corrected chi connectivity index (χ1v) is 9.55. The quantitative estimate of drug-likeness (QED) is 0.270. The number of unbranched alkanes of at least 4 members (excludes halogenated alkanes) is 11. The van der Waals surface area contributed by atoms with Gasteiger partial charge in [-0.3, -0.25) is 4.79 Å². The van der Waals surface area contributed by atoms with E-state index >= 15 is 0 Å². The fourth-order valence-corrected chi connectivity index (χ4v) is 2.83. The van der Waals surface area contributed by atoms with Gasteiger partial charge in [0.25, 0.3) is 0 Å². The molecule has 0 atom stereocenters. The highest BCUT2D eigenvalue weighted by Gasteiger charge is 2.00. The summed E-state index contributed by atoms with van der Waals surface area (Å²) in [5.41, 5.74) is 0.645. The van der Waals surface area contributed by atoms with E-state index in [4.69, 9.17) is 4.74 Å². The third kappa shape index (κ3) is 10.1. The number of aldehydes is 1. The summed E-state index contributed by atoms with van der Waals surface area (Å²) < 4.78 is 5.69. The van der Waals surface area contributed by atoms with E-state index in [1.165, 1.54) is 70.6 Å².